The first kappa shape index (κ1) is 16.0. The summed E-state index contributed by atoms with van der Waals surface area (Å²) in [6, 6.07) is 0.0535. The summed E-state index contributed by atoms with van der Waals surface area (Å²) in [5.74, 6) is -0.952. The predicted octanol–water partition coefficient (Wildman–Crippen LogP) is 0.258. The minimum Gasteiger partial charge on any atom is -0.481 e. The van der Waals surface area contributed by atoms with E-state index in [0.717, 1.165) is 0 Å². The number of nitrogens with zero attached hydrogens (tertiary/aromatic N) is 1. The molecule has 0 aromatic rings. The molecule has 3 N–H and O–H groups in total. The maximum Gasteiger partial charge on any atom is 0.315 e. The number of hydrogen-bond donors (Lipinski definition) is 3. The van der Waals surface area contributed by atoms with E-state index in [1.807, 2.05) is 0 Å². The molecule has 1 saturated carbocycles. The third-order valence-corrected chi connectivity index (χ3v) is 4.63. The lowest BCUT2D eigenvalue weighted by Crippen LogP contribution is -2.53. The van der Waals surface area contributed by atoms with Gasteiger partial charge in [-0.1, -0.05) is 0 Å². The first-order chi connectivity index (χ1) is 9.84. The van der Waals surface area contributed by atoms with Crippen LogP contribution in [0.1, 0.15) is 26.7 Å². The molecule has 7 nitrogen and oxygen atoms in total. The first-order valence-corrected chi connectivity index (χ1v) is 7.42. The Labute approximate surface area is 125 Å². The number of urea groups is 1. The number of nitrogens with one attached hydrogen (secondary N) is 2. The molecule has 1 saturated heterocycles. The van der Waals surface area contributed by atoms with Gasteiger partial charge >= 0.3 is 12.0 Å². The molecule has 1 aliphatic carbocycles. The van der Waals surface area contributed by atoms with E-state index in [9.17, 15) is 14.7 Å². The fraction of sp³-hybridized carbons (Fsp3) is 0.857. The highest BCUT2D eigenvalue weighted by molar-refractivity contribution is 5.79. The van der Waals surface area contributed by atoms with Crippen molar-refractivity contribution in [2.75, 3.05) is 26.8 Å². The highest BCUT2D eigenvalue weighted by Gasteiger charge is 2.47. The normalized spacial score (nSPS) is 30.2. The zero-order chi connectivity index (χ0) is 15.6. The lowest BCUT2D eigenvalue weighted by Gasteiger charge is -2.27. The number of ether oxygens (including phenoxy) is 1. The van der Waals surface area contributed by atoms with E-state index in [1.54, 1.807) is 6.92 Å². The van der Waals surface area contributed by atoms with Crippen molar-refractivity contribution in [2.45, 2.75) is 44.8 Å². The maximum atomic E-state index is 11.9. The number of rotatable bonds is 6. The molecule has 3 unspecified atom stereocenters. The van der Waals surface area contributed by atoms with E-state index in [0.29, 0.717) is 12.6 Å². The molecule has 2 rings (SSSR count). The minimum absolute atomic E-state index is 0.119. The molecule has 7 heteroatoms. The van der Waals surface area contributed by atoms with Crippen molar-refractivity contribution >= 4 is 12.0 Å². The van der Waals surface area contributed by atoms with Crippen LogP contribution in [0.3, 0.4) is 0 Å². The van der Waals surface area contributed by atoms with Crippen LogP contribution in [-0.4, -0.2) is 66.9 Å². The predicted molar refractivity (Wildman–Crippen MR) is 77.1 cm³/mol. The number of carbonyl (C=O) groups is 2. The van der Waals surface area contributed by atoms with Gasteiger partial charge in [0.1, 0.15) is 5.41 Å². The van der Waals surface area contributed by atoms with Crippen LogP contribution in [0.2, 0.25) is 0 Å². The molecule has 3 atom stereocenters. The molecule has 1 heterocycles. The van der Waals surface area contributed by atoms with Crippen LogP contribution in [0, 0.1) is 5.41 Å². The van der Waals surface area contributed by atoms with E-state index in [2.05, 4.69) is 29.5 Å². The molecular weight excluding hydrogens is 274 g/mol. The number of carbonyl (C=O) groups excluding carboxylic acids is 1. The Kier molecular flexibility index (Phi) is 4.73. The largest absolute Gasteiger partial charge is 0.481 e. The van der Waals surface area contributed by atoms with Crippen molar-refractivity contribution in [3.8, 4) is 0 Å². The summed E-state index contributed by atoms with van der Waals surface area (Å²) in [7, 11) is 2.06. The Balaban J connectivity index is 1.77. The average Bonchev–Trinajstić information content (AvgIpc) is 3.21. The molecule has 0 radical (unpaired) electrons. The van der Waals surface area contributed by atoms with E-state index >= 15 is 0 Å². The monoisotopic (exact) mass is 299 g/mol. The topological polar surface area (TPSA) is 90.9 Å². The van der Waals surface area contributed by atoms with Crippen LogP contribution in [0.25, 0.3) is 0 Å². The van der Waals surface area contributed by atoms with Gasteiger partial charge in [0.2, 0.25) is 0 Å². The third kappa shape index (κ3) is 3.65. The van der Waals surface area contributed by atoms with Crippen molar-refractivity contribution in [1.29, 1.82) is 0 Å². The molecule has 0 spiro atoms. The Morgan fingerprint density at radius 2 is 2.14 bits per heavy atom. The van der Waals surface area contributed by atoms with Crippen molar-refractivity contribution in [1.82, 2.24) is 15.5 Å². The molecule has 2 amide bonds. The molecule has 120 valence electrons. The molecular formula is C14H25N3O4. The number of hydrogen-bond acceptors (Lipinski definition) is 4. The number of amides is 2. The van der Waals surface area contributed by atoms with Gasteiger partial charge < -0.3 is 20.5 Å². The van der Waals surface area contributed by atoms with Crippen molar-refractivity contribution in [3.05, 3.63) is 0 Å². The summed E-state index contributed by atoms with van der Waals surface area (Å²) in [4.78, 5) is 25.5. The number of aliphatic carboxylic acids is 1. The lowest BCUT2D eigenvalue weighted by molar-refractivity contribution is -0.148. The van der Waals surface area contributed by atoms with Crippen LogP contribution in [0.15, 0.2) is 0 Å². The molecule has 2 aliphatic rings. The Morgan fingerprint density at radius 3 is 2.71 bits per heavy atom. The second-order valence-electron chi connectivity index (χ2n) is 6.39. The van der Waals surface area contributed by atoms with Crippen LogP contribution < -0.4 is 10.6 Å². The van der Waals surface area contributed by atoms with Gasteiger partial charge in [-0.2, -0.15) is 0 Å². The number of carboxylic acid groups (broad SMARTS) is 1. The fourth-order valence-electron chi connectivity index (χ4n) is 2.52. The van der Waals surface area contributed by atoms with Gasteiger partial charge in [0.25, 0.3) is 0 Å². The standard InChI is InChI=1S/C14H25N3O4/c1-9(17(3)10-4-5-10)6-15-13(20)16-11-7-21-8-14(11,2)12(18)19/h9-11H,4-8H2,1-3H3,(H,18,19)(H2,15,16,20). The van der Waals surface area contributed by atoms with Gasteiger partial charge in [-0.05, 0) is 33.7 Å². The average molecular weight is 299 g/mol. The highest BCUT2D eigenvalue weighted by atomic mass is 16.5. The minimum atomic E-state index is -1.06. The van der Waals surface area contributed by atoms with E-state index < -0.39 is 17.4 Å². The summed E-state index contributed by atoms with van der Waals surface area (Å²) >= 11 is 0. The van der Waals surface area contributed by atoms with Crippen LogP contribution >= 0.6 is 0 Å². The first-order valence-electron chi connectivity index (χ1n) is 7.42. The van der Waals surface area contributed by atoms with Crippen molar-refractivity contribution in [3.63, 3.8) is 0 Å². The Morgan fingerprint density at radius 1 is 1.48 bits per heavy atom. The fourth-order valence-corrected chi connectivity index (χ4v) is 2.52. The smallest absolute Gasteiger partial charge is 0.315 e. The van der Waals surface area contributed by atoms with Gasteiger partial charge in [0.15, 0.2) is 0 Å². The van der Waals surface area contributed by atoms with E-state index in [4.69, 9.17) is 4.74 Å². The van der Waals surface area contributed by atoms with Crippen LogP contribution in [-0.2, 0) is 9.53 Å². The zero-order valence-corrected chi connectivity index (χ0v) is 12.9. The van der Waals surface area contributed by atoms with Gasteiger partial charge in [0.05, 0.1) is 19.3 Å². The van der Waals surface area contributed by atoms with E-state index in [-0.39, 0.29) is 25.3 Å². The quantitative estimate of drug-likeness (QED) is 0.654. The van der Waals surface area contributed by atoms with Crippen molar-refractivity contribution < 1.29 is 19.4 Å². The third-order valence-electron chi connectivity index (χ3n) is 4.63. The summed E-state index contributed by atoms with van der Waals surface area (Å²) in [6.07, 6.45) is 2.45. The summed E-state index contributed by atoms with van der Waals surface area (Å²) in [5, 5.41) is 14.8. The molecule has 0 bridgehead atoms. The second-order valence-corrected chi connectivity index (χ2v) is 6.39. The highest BCUT2D eigenvalue weighted by Crippen LogP contribution is 2.28. The number of likely N-dealkylation sites (N-methyl/N-ethyl adjacent to an activating group) is 1. The SMILES string of the molecule is CC(CNC(=O)NC1COCC1(C)C(=O)O)N(C)C1CC1. The molecule has 0 aromatic heterocycles. The molecule has 1 aliphatic heterocycles. The molecule has 21 heavy (non-hydrogen) atoms. The lowest BCUT2D eigenvalue weighted by atomic mass is 9.85. The maximum absolute atomic E-state index is 11.9. The molecule has 0 aromatic carbocycles. The van der Waals surface area contributed by atoms with Crippen LogP contribution in [0.5, 0.6) is 0 Å². The van der Waals surface area contributed by atoms with Crippen LogP contribution in [0.4, 0.5) is 4.79 Å². The van der Waals surface area contributed by atoms with Crippen molar-refractivity contribution in [2.24, 2.45) is 5.41 Å². The van der Waals surface area contributed by atoms with Gasteiger partial charge in [-0.25, -0.2) is 4.79 Å². The Hall–Kier alpha value is -1.34. The van der Waals surface area contributed by atoms with E-state index in [1.165, 1.54) is 12.8 Å². The van der Waals surface area contributed by atoms with Gasteiger partial charge in [-0.15, -0.1) is 0 Å². The second kappa shape index (κ2) is 6.19. The molecule has 2 fully saturated rings. The Bertz CT molecular complexity index is 413. The number of carboxylic acids is 1. The summed E-state index contributed by atoms with van der Waals surface area (Å²) in [5.41, 5.74) is -1.06. The van der Waals surface area contributed by atoms with Gasteiger partial charge in [0, 0.05) is 18.6 Å². The van der Waals surface area contributed by atoms with Gasteiger partial charge in [-0.3, -0.25) is 9.69 Å². The summed E-state index contributed by atoms with van der Waals surface area (Å²) in [6.45, 7) is 4.55. The summed E-state index contributed by atoms with van der Waals surface area (Å²) < 4.78 is 5.21. The zero-order valence-electron chi connectivity index (χ0n) is 12.9.